The molecule has 1 heterocycles. The van der Waals surface area contributed by atoms with Crippen LogP contribution in [0, 0.1) is 6.92 Å². The van der Waals surface area contributed by atoms with Gasteiger partial charge in [0.2, 0.25) is 0 Å². The third-order valence-electron chi connectivity index (χ3n) is 3.60. The smallest absolute Gasteiger partial charge is 0.0370 e. The van der Waals surface area contributed by atoms with Gasteiger partial charge >= 0.3 is 0 Å². The molecule has 18 heavy (non-hydrogen) atoms. The van der Waals surface area contributed by atoms with E-state index in [2.05, 4.69) is 51.3 Å². The molecule has 1 aliphatic rings. The van der Waals surface area contributed by atoms with E-state index in [4.69, 9.17) is 0 Å². The van der Waals surface area contributed by atoms with E-state index in [0.29, 0.717) is 0 Å². The van der Waals surface area contributed by atoms with Crippen LogP contribution < -0.4 is 5.32 Å². The number of hydrogen-bond donors (Lipinski definition) is 1. The number of likely N-dealkylation sites (tertiary alicyclic amines) is 1. The zero-order valence-corrected chi connectivity index (χ0v) is 12.8. The number of nitrogens with one attached hydrogen (secondary N) is 1. The molecule has 0 spiro atoms. The van der Waals surface area contributed by atoms with Gasteiger partial charge in [0.1, 0.15) is 0 Å². The van der Waals surface area contributed by atoms with Crippen molar-refractivity contribution in [3.8, 4) is 0 Å². The Morgan fingerprint density at radius 1 is 1.22 bits per heavy atom. The third-order valence-corrected chi connectivity index (χ3v) is 4.10. The maximum absolute atomic E-state index is 3.53. The monoisotopic (exact) mass is 310 g/mol. The van der Waals surface area contributed by atoms with Gasteiger partial charge in [-0.05, 0) is 69.6 Å². The molecule has 3 heteroatoms. The lowest BCUT2D eigenvalue weighted by Gasteiger charge is -2.26. The first-order valence-electron chi connectivity index (χ1n) is 6.98. The van der Waals surface area contributed by atoms with Gasteiger partial charge in [0.25, 0.3) is 0 Å². The van der Waals surface area contributed by atoms with Crippen molar-refractivity contribution in [3.05, 3.63) is 28.2 Å². The number of rotatable bonds is 5. The summed E-state index contributed by atoms with van der Waals surface area (Å²) < 4.78 is 1.15. The van der Waals surface area contributed by atoms with E-state index in [0.717, 1.165) is 11.0 Å². The molecule has 0 aromatic heterocycles. The van der Waals surface area contributed by atoms with Crippen molar-refractivity contribution >= 4 is 21.6 Å². The summed E-state index contributed by atoms with van der Waals surface area (Å²) in [6, 6.07) is 6.41. The van der Waals surface area contributed by atoms with Crippen molar-refractivity contribution in [2.45, 2.75) is 32.6 Å². The van der Waals surface area contributed by atoms with E-state index in [1.165, 1.54) is 56.6 Å². The molecule has 2 nitrogen and oxygen atoms in total. The summed E-state index contributed by atoms with van der Waals surface area (Å²) in [4.78, 5) is 2.60. The van der Waals surface area contributed by atoms with Gasteiger partial charge < -0.3 is 10.2 Å². The van der Waals surface area contributed by atoms with E-state index in [1.807, 2.05) is 0 Å². The van der Waals surface area contributed by atoms with Crippen LogP contribution in [0.2, 0.25) is 0 Å². The Bertz CT molecular complexity index is 373. The van der Waals surface area contributed by atoms with Crippen molar-refractivity contribution in [2.75, 3.05) is 31.5 Å². The Morgan fingerprint density at radius 3 is 2.72 bits per heavy atom. The zero-order chi connectivity index (χ0) is 12.8. The molecule has 0 amide bonds. The van der Waals surface area contributed by atoms with Crippen LogP contribution in [-0.2, 0) is 0 Å². The normalized spacial score (nSPS) is 16.8. The average molecular weight is 311 g/mol. The maximum Gasteiger partial charge on any atom is 0.0370 e. The van der Waals surface area contributed by atoms with E-state index in [-0.39, 0.29) is 0 Å². The minimum atomic E-state index is 1.07. The fourth-order valence-electron chi connectivity index (χ4n) is 2.53. The van der Waals surface area contributed by atoms with E-state index in [1.54, 1.807) is 0 Å². The van der Waals surface area contributed by atoms with Gasteiger partial charge in [0, 0.05) is 16.7 Å². The molecule has 0 saturated carbocycles. The summed E-state index contributed by atoms with van der Waals surface area (Å²) in [5, 5.41) is 3.53. The molecule has 1 saturated heterocycles. The molecule has 1 aromatic rings. The largest absolute Gasteiger partial charge is 0.385 e. The minimum Gasteiger partial charge on any atom is -0.385 e. The Labute approximate surface area is 119 Å². The number of nitrogens with zero attached hydrogens (tertiary/aromatic N) is 1. The second-order valence-corrected chi connectivity index (χ2v) is 6.06. The molecule has 1 aliphatic heterocycles. The number of halogens is 1. The first kappa shape index (κ1) is 13.9. The Balaban J connectivity index is 1.68. The molecule has 0 atom stereocenters. The van der Waals surface area contributed by atoms with Gasteiger partial charge in [-0.2, -0.15) is 0 Å². The number of aryl methyl sites for hydroxylation is 1. The quantitative estimate of drug-likeness (QED) is 0.826. The van der Waals surface area contributed by atoms with Crippen molar-refractivity contribution in [1.29, 1.82) is 0 Å². The minimum absolute atomic E-state index is 1.07. The molecule has 1 fully saturated rings. The third kappa shape index (κ3) is 4.29. The SMILES string of the molecule is Cc1cc(Br)ccc1NCCCN1CCCCC1. The predicted octanol–water partition coefficient (Wildman–Crippen LogP) is 4.05. The van der Waals surface area contributed by atoms with Crippen LogP contribution in [0.25, 0.3) is 0 Å². The Kier molecular flexibility index (Phi) is 5.51. The highest BCUT2D eigenvalue weighted by Crippen LogP contribution is 2.19. The second-order valence-electron chi connectivity index (χ2n) is 5.14. The van der Waals surface area contributed by atoms with Gasteiger partial charge in [-0.25, -0.2) is 0 Å². The molecular weight excluding hydrogens is 288 g/mol. The number of anilines is 1. The van der Waals surface area contributed by atoms with E-state index >= 15 is 0 Å². The summed E-state index contributed by atoms with van der Waals surface area (Å²) in [6.45, 7) is 7.06. The Morgan fingerprint density at radius 2 is 2.00 bits per heavy atom. The summed E-state index contributed by atoms with van der Waals surface area (Å²) in [5.74, 6) is 0. The van der Waals surface area contributed by atoms with Crippen molar-refractivity contribution < 1.29 is 0 Å². The summed E-state index contributed by atoms with van der Waals surface area (Å²) >= 11 is 3.50. The molecule has 0 unspecified atom stereocenters. The standard InChI is InChI=1S/C15H23BrN2/c1-13-12-14(16)6-7-15(13)17-8-5-11-18-9-3-2-4-10-18/h6-7,12,17H,2-5,8-11H2,1H3. The second kappa shape index (κ2) is 7.15. The lowest BCUT2D eigenvalue weighted by molar-refractivity contribution is 0.228. The maximum atomic E-state index is 3.53. The van der Waals surface area contributed by atoms with Crippen LogP contribution >= 0.6 is 15.9 Å². The summed E-state index contributed by atoms with van der Waals surface area (Å²) in [6.07, 6.45) is 5.43. The van der Waals surface area contributed by atoms with Crippen LogP contribution in [0.3, 0.4) is 0 Å². The molecule has 1 aromatic carbocycles. The van der Waals surface area contributed by atoms with Gasteiger partial charge in [0.15, 0.2) is 0 Å². The van der Waals surface area contributed by atoms with Crippen LogP contribution in [0.1, 0.15) is 31.2 Å². The van der Waals surface area contributed by atoms with Crippen LogP contribution in [0.5, 0.6) is 0 Å². The lowest BCUT2D eigenvalue weighted by Crippen LogP contribution is -2.31. The lowest BCUT2D eigenvalue weighted by atomic mass is 10.1. The highest BCUT2D eigenvalue weighted by Gasteiger charge is 2.08. The predicted molar refractivity (Wildman–Crippen MR) is 82.3 cm³/mol. The molecular formula is C15H23BrN2. The van der Waals surface area contributed by atoms with Crippen LogP contribution in [0.4, 0.5) is 5.69 Å². The highest BCUT2D eigenvalue weighted by atomic mass is 79.9. The molecule has 100 valence electrons. The molecule has 1 N–H and O–H groups in total. The average Bonchev–Trinajstić information content (AvgIpc) is 2.38. The number of benzene rings is 1. The topological polar surface area (TPSA) is 15.3 Å². The number of hydrogen-bond acceptors (Lipinski definition) is 2. The zero-order valence-electron chi connectivity index (χ0n) is 11.2. The summed E-state index contributed by atoms with van der Waals surface area (Å²) in [7, 11) is 0. The summed E-state index contributed by atoms with van der Waals surface area (Å²) in [5.41, 5.74) is 2.57. The fourth-order valence-corrected chi connectivity index (χ4v) is 3.01. The Hall–Kier alpha value is -0.540. The van der Waals surface area contributed by atoms with Gasteiger partial charge in [-0.1, -0.05) is 22.4 Å². The molecule has 0 bridgehead atoms. The molecule has 2 rings (SSSR count). The van der Waals surface area contributed by atoms with Crippen molar-refractivity contribution in [2.24, 2.45) is 0 Å². The van der Waals surface area contributed by atoms with E-state index < -0.39 is 0 Å². The first-order chi connectivity index (χ1) is 8.75. The van der Waals surface area contributed by atoms with E-state index in [9.17, 15) is 0 Å². The van der Waals surface area contributed by atoms with Crippen LogP contribution in [0.15, 0.2) is 22.7 Å². The molecule has 0 aliphatic carbocycles. The fraction of sp³-hybridized carbons (Fsp3) is 0.600. The van der Waals surface area contributed by atoms with Gasteiger partial charge in [0.05, 0.1) is 0 Å². The highest BCUT2D eigenvalue weighted by molar-refractivity contribution is 9.10. The number of piperidine rings is 1. The van der Waals surface area contributed by atoms with Crippen LogP contribution in [-0.4, -0.2) is 31.1 Å². The van der Waals surface area contributed by atoms with Crippen molar-refractivity contribution in [1.82, 2.24) is 4.90 Å². The van der Waals surface area contributed by atoms with Crippen molar-refractivity contribution in [3.63, 3.8) is 0 Å². The molecule has 0 radical (unpaired) electrons. The first-order valence-corrected chi connectivity index (χ1v) is 7.77. The van der Waals surface area contributed by atoms with Gasteiger partial charge in [-0.15, -0.1) is 0 Å². The van der Waals surface area contributed by atoms with Gasteiger partial charge in [-0.3, -0.25) is 0 Å².